The summed E-state index contributed by atoms with van der Waals surface area (Å²) >= 11 is 12.0. The lowest BCUT2D eigenvalue weighted by Gasteiger charge is -2.37. The zero-order valence-electron chi connectivity index (χ0n) is 14.5. The van der Waals surface area contributed by atoms with E-state index in [1.54, 1.807) is 0 Å². The largest absolute Gasteiger partial charge is 0.352 e. The fraction of sp³-hybridized carbons (Fsp3) is 0.700. The molecule has 3 rings (SSSR count). The maximum atomic E-state index is 6.07. The average Bonchev–Trinajstić information content (AvgIpc) is 2.63. The van der Waals surface area contributed by atoms with Crippen molar-refractivity contribution in [2.45, 2.75) is 58.2 Å². The molecule has 0 radical (unpaired) electrons. The van der Waals surface area contributed by atoms with Gasteiger partial charge in [0.1, 0.15) is 0 Å². The standard InChI is InChI=1S/C20H28Cl2O2/c1-2-14-3-7-16(8-4-14)17-12-23-20(24-13-17)10-6-15-5-9-18(21)19(22)11-15/h5,9,11,14,16-17,20H,2-4,6-8,10,12-13H2,1H3. The van der Waals surface area contributed by atoms with E-state index in [1.165, 1.54) is 37.7 Å². The Bertz CT molecular complexity index is 518. The molecule has 0 unspecified atom stereocenters. The molecule has 1 aliphatic carbocycles. The molecule has 24 heavy (non-hydrogen) atoms. The topological polar surface area (TPSA) is 18.5 Å². The molecule has 1 aliphatic heterocycles. The third-order valence-corrected chi connectivity index (χ3v) is 6.52. The minimum absolute atomic E-state index is 0.0808. The van der Waals surface area contributed by atoms with Gasteiger partial charge in [-0.2, -0.15) is 0 Å². The minimum atomic E-state index is -0.0808. The van der Waals surface area contributed by atoms with Crippen LogP contribution in [0.15, 0.2) is 18.2 Å². The summed E-state index contributed by atoms with van der Waals surface area (Å²) in [6.45, 7) is 4.03. The molecule has 0 atom stereocenters. The second-order valence-corrected chi connectivity index (χ2v) is 8.15. The van der Waals surface area contributed by atoms with Crippen molar-refractivity contribution in [1.29, 1.82) is 0 Å². The molecule has 0 bridgehead atoms. The van der Waals surface area contributed by atoms with E-state index in [0.29, 0.717) is 16.0 Å². The third kappa shape index (κ3) is 4.88. The van der Waals surface area contributed by atoms with Gasteiger partial charge in [0.15, 0.2) is 6.29 Å². The number of ether oxygens (including phenoxy) is 2. The Kier molecular flexibility index (Phi) is 6.86. The van der Waals surface area contributed by atoms with Crippen LogP contribution >= 0.6 is 23.2 Å². The van der Waals surface area contributed by atoms with E-state index < -0.39 is 0 Å². The van der Waals surface area contributed by atoms with Crippen molar-refractivity contribution in [3.05, 3.63) is 33.8 Å². The Morgan fingerprint density at radius 1 is 0.958 bits per heavy atom. The average molecular weight is 371 g/mol. The summed E-state index contributed by atoms with van der Waals surface area (Å²) in [7, 11) is 0. The molecule has 4 heteroatoms. The van der Waals surface area contributed by atoms with Crippen LogP contribution in [0.2, 0.25) is 10.0 Å². The summed E-state index contributed by atoms with van der Waals surface area (Å²) in [4.78, 5) is 0. The Balaban J connectivity index is 1.40. The van der Waals surface area contributed by atoms with Crippen LogP contribution in [0.25, 0.3) is 0 Å². The fourth-order valence-corrected chi connectivity index (χ4v) is 4.37. The van der Waals surface area contributed by atoms with Gasteiger partial charge in [-0.1, -0.05) is 55.5 Å². The highest BCUT2D eigenvalue weighted by atomic mass is 35.5. The molecule has 134 valence electrons. The summed E-state index contributed by atoms with van der Waals surface area (Å²) in [5.74, 6) is 2.33. The second kappa shape index (κ2) is 8.89. The highest BCUT2D eigenvalue weighted by molar-refractivity contribution is 6.42. The molecule has 1 aromatic rings. The molecular formula is C20H28Cl2O2. The van der Waals surface area contributed by atoms with Gasteiger partial charge in [-0.15, -0.1) is 0 Å². The van der Waals surface area contributed by atoms with Crippen molar-refractivity contribution in [3.63, 3.8) is 0 Å². The van der Waals surface area contributed by atoms with Gasteiger partial charge in [0.25, 0.3) is 0 Å². The number of halogens is 2. The van der Waals surface area contributed by atoms with Crippen LogP contribution in [0.5, 0.6) is 0 Å². The molecule has 2 nitrogen and oxygen atoms in total. The Morgan fingerprint density at radius 3 is 2.29 bits per heavy atom. The van der Waals surface area contributed by atoms with Gasteiger partial charge < -0.3 is 9.47 Å². The number of rotatable bonds is 5. The van der Waals surface area contributed by atoms with E-state index in [9.17, 15) is 0 Å². The maximum absolute atomic E-state index is 6.07. The van der Waals surface area contributed by atoms with E-state index in [0.717, 1.165) is 37.9 Å². The molecular weight excluding hydrogens is 343 g/mol. The van der Waals surface area contributed by atoms with Crippen LogP contribution in [0, 0.1) is 17.8 Å². The smallest absolute Gasteiger partial charge is 0.157 e. The van der Waals surface area contributed by atoms with Crippen molar-refractivity contribution < 1.29 is 9.47 Å². The van der Waals surface area contributed by atoms with Crippen LogP contribution in [0.4, 0.5) is 0 Å². The molecule has 1 saturated carbocycles. The number of aryl methyl sites for hydroxylation is 1. The quantitative estimate of drug-likeness (QED) is 0.620. The Hall–Kier alpha value is -0.280. The van der Waals surface area contributed by atoms with Gasteiger partial charge in [0.05, 0.1) is 23.3 Å². The monoisotopic (exact) mass is 370 g/mol. The van der Waals surface area contributed by atoms with Gasteiger partial charge >= 0.3 is 0 Å². The first-order valence-corrected chi connectivity index (χ1v) is 10.1. The first-order valence-electron chi connectivity index (χ1n) is 9.32. The van der Waals surface area contributed by atoms with Gasteiger partial charge in [-0.25, -0.2) is 0 Å². The molecule has 0 N–H and O–H groups in total. The maximum Gasteiger partial charge on any atom is 0.157 e. The SMILES string of the molecule is CCC1CCC(C2COC(CCc3ccc(Cl)c(Cl)c3)OC2)CC1. The van der Waals surface area contributed by atoms with E-state index in [-0.39, 0.29) is 6.29 Å². The third-order valence-electron chi connectivity index (χ3n) is 5.78. The van der Waals surface area contributed by atoms with E-state index in [4.69, 9.17) is 32.7 Å². The lowest BCUT2D eigenvalue weighted by molar-refractivity contribution is -0.212. The molecule has 1 aromatic carbocycles. The second-order valence-electron chi connectivity index (χ2n) is 7.33. The predicted octanol–water partition coefficient (Wildman–Crippen LogP) is 6.13. The Morgan fingerprint density at radius 2 is 1.67 bits per heavy atom. The summed E-state index contributed by atoms with van der Waals surface area (Å²) < 4.78 is 12.0. The van der Waals surface area contributed by atoms with Crippen molar-refractivity contribution >= 4 is 23.2 Å². The van der Waals surface area contributed by atoms with Gasteiger partial charge in [-0.3, -0.25) is 0 Å². The predicted molar refractivity (Wildman–Crippen MR) is 99.7 cm³/mol. The van der Waals surface area contributed by atoms with Gasteiger partial charge in [-0.05, 0) is 48.8 Å². The molecule has 1 heterocycles. The van der Waals surface area contributed by atoms with Crippen LogP contribution in [-0.4, -0.2) is 19.5 Å². The van der Waals surface area contributed by atoms with E-state index in [1.807, 2.05) is 18.2 Å². The summed E-state index contributed by atoms with van der Waals surface area (Å²) in [6, 6.07) is 5.80. The summed E-state index contributed by atoms with van der Waals surface area (Å²) in [5.41, 5.74) is 1.18. The highest BCUT2D eigenvalue weighted by Crippen LogP contribution is 2.36. The van der Waals surface area contributed by atoms with Crippen molar-refractivity contribution in [1.82, 2.24) is 0 Å². The van der Waals surface area contributed by atoms with Gasteiger partial charge in [0, 0.05) is 12.3 Å². The van der Waals surface area contributed by atoms with Crippen LogP contribution in [-0.2, 0) is 15.9 Å². The normalized spacial score (nSPS) is 31.1. The van der Waals surface area contributed by atoms with E-state index in [2.05, 4.69) is 6.92 Å². The van der Waals surface area contributed by atoms with E-state index >= 15 is 0 Å². The van der Waals surface area contributed by atoms with Crippen LogP contribution in [0.3, 0.4) is 0 Å². The van der Waals surface area contributed by atoms with Crippen molar-refractivity contribution in [3.8, 4) is 0 Å². The molecule has 2 aliphatic rings. The minimum Gasteiger partial charge on any atom is -0.352 e. The zero-order valence-corrected chi connectivity index (χ0v) is 16.0. The Labute approximate surface area is 155 Å². The van der Waals surface area contributed by atoms with Crippen molar-refractivity contribution in [2.75, 3.05) is 13.2 Å². The highest BCUT2D eigenvalue weighted by Gasteiger charge is 2.31. The first-order chi connectivity index (χ1) is 11.7. The lowest BCUT2D eigenvalue weighted by Crippen LogP contribution is -2.37. The summed E-state index contributed by atoms with van der Waals surface area (Å²) in [5, 5.41) is 1.22. The molecule has 0 amide bonds. The molecule has 2 fully saturated rings. The van der Waals surface area contributed by atoms with Gasteiger partial charge in [0.2, 0.25) is 0 Å². The fourth-order valence-electron chi connectivity index (χ4n) is 4.04. The number of benzene rings is 1. The lowest BCUT2D eigenvalue weighted by atomic mass is 9.75. The van der Waals surface area contributed by atoms with Crippen LogP contribution in [0.1, 0.15) is 51.0 Å². The molecule has 0 aromatic heterocycles. The van der Waals surface area contributed by atoms with Crippen LogP contribution < -0.4 is 0 Å². The number of hydrogen-bond acceptors (Lipinski definition) is 2. The number of hydrogen-bond donors (Lipinski definition) is 0. The summed E-state index contributed by atoms with van der Waals surface area (Å²) in [6.07, 6.45) is 8.50. The first kappa shape index (κ1) is 18.5. The van der Waals surface area contributed by atoms with Crippen molar-refractivity contribution in [2.24, 2.45) is 17.8 Å². The molecule has 1 saturated heterocycles. The molecule has 0 spiro atoms. The zero-order chi connectivity index (χ0) is 16.9.